The molecule has 0 aromatic rings. The van der Waals surface area contributed by atoms with E-state index in [0.717, 1.165) is 11.5 Å². The Kier molecular flexibility index (Phi) is 2.10. The summed E-state index contributed by atoms with van der Waals surface area (Å²) in [5.41, 5.74) is 2.33. The molecular formula is C8H14N2. The molecule has 1 fully saturated rings. The van der Waals surface area contributed by atoms with Gasteiger partial charge in [0.2, 0.25) is 0 Å². The smallest absolute Gasteiger partial charge is 0.0224 e. The summed E-state index contributed by atoms with van der Waals surface area (Å²) in [7, 11) is 1.93. The van der Waals surface area contributed by atoms with Crippen molar-refractivity contribution >= 4 is 6.21 Å². The van der Waals surface area contributed by atoms with Crippen molar-refractivity contribution in [3.05, 3.63) is 11.3 Å². The minimum absolute atomic E-state index is 0.728. The summed E-state index contributed by atoms with van der Waals surface area (Å²) < 4.78 is 0. The molecule has 2 nitrogen and oxygen atoms in total. The van der Waals surface area contributed by atoms with Gasteiger partial charge in [-0.2, -0.15) is 0 Å². The molecule has 2 N–H and O–H groups in total. The average molecular weight is 138 g/mol. The molecule has 1 rings (SSSR count). The maximum atomic E-state index is 7.04. The van der Waals surface area contributed by atoms with Crippen LogP contribution >= 0.6 is 0 Å². The van der Waals surface area contributed by atoms with E-state index in [2.05, 4.69) is 5.32 Å². The second-order valence-electron chi connectivity index (χ2n) is 2.77. The quantitative estimate of drug-likeness (QED) is 0.570. The van der Waals surface area contributed by atoms with Gasteiger partial charge in [-0.3, -0.25) is 0 Å². The van der Waals surface area contributed by atoms with Crippen LogP contribution in [-0.4, -0.2) is 13.3 Å². The van der Waals surface area contributed by atoms with Crippen LogP contribution in [0.25, 0.3) is 0 Å². The molecular weight excluding hydrogens is 124 g/mol. The van der Waals surface area contributed by atoms with Gasteiger partial charge in [0.25, 0.3) is 0 Å². The molecule has 0 spiro atoms. The number of hydrogen-bond donors (Lipinski definition) is 2. The van der Waals surface area contributed by atoms with Crippen molar-refractivity contribution in [2.24, 2.45) is 5.92 Å². The van der Waals surface area contributed by atoms with E-state index < -0.39 is 0 Å². The molecule has 56 valence electrons. The normalized spacial score (nSPS) is 19.8. The number of nitrogens with one attached hydrogen (secondary N) is 2. The predicted molar refractivity (Wildman–Crippen MR) is 43.3 cm³/mol. The Morgan fingerprint density at radius 2 is 2.20 bits per heavy atom. The zero-order valence-electron chi connectivity index (χ0n) is 6.57. The van der Waals surface area contributed by atoms with Gasteiger partial charge < -0.3 is 10.7 Å². The third kappa shape index (κ3) is 1.38. The molecule has 2 heteroatoms. The van der Waals surface area contributed by atoms with Crippen LogP contribution in [0.2, 0.25) is 0 Å². The summed E-state index contributed by atoms with van der Waals surface area (Å²) in [6, 6.07) is 0. The fourth-order valence-corrected chi connectivity index (χ4v) is 1.17. The van der Waals surface area contributed by atoms with Crippen LogP contribution in [0.5, 0.6) is 0 Å². The monoisotopic (exact) mass is 138 g/mol. The highest BCUT2D eigenvalue weighted by atomic mass is 14.9. The van der Waals surface area contributed by atoms with Crippen LogP contribution in [0.15, 0.2) is 11.3 Å². The summed E-state index contributed by atoms with van der Waals surface area (Å²) in [4.78, 5) is 0. The fraction of sp³-hybridized carbons (Fsp3) is 0.625. The minimum Gasteiger partial charge on any atom is -0.391 e. The van der Waals surface area contributed by atoms with Crippen molar-refractivity contribution in [3.8, 4) is 0 Å². The molecule has 0 bridgehead atoms. The van der Waals surface area contributed by atoms with Gasteiger partial charge in [0, 0.05) is 19.0 Å². The van der Waals surface area contributed by atoms with Crippen molar-refractivity contribution in [1.29, 1.82) is 5.41 Å². The number of rotatable bonds is 3. The largest absolute Gasteiger partial charge is 0.391 e. The van der Waals surface area contributed by atoms with E-state index in [0.29, 0.717) is 0 Å². The first-order chi connectivity index (χ1) is 4.79. The SMILES string of the molecule is CN/C(=C(/C)C=N)C1CC1. The van der Waals surface area contributed by atoms with Crippen molar-refractivity contribution in [1.82, 2.24) is 5.32 Å². The first kappa shape index (κ1) is 7.32. The lowest BCUT2D eigenvalue weighted by atomic mass is 10.2. The highest BCUT2D eigenvalue weighted by molar-refractivity contribution is 5.76. The molecule has 0 aliphatic heterocycles. The second-order valence-corrected chi connectivity index (χ2v) is 2.77. The first-order valence-corrected chi connectivity index (χ1v) is 3.68. The Balaban J connectivity index is 2.68. The predicted octanol–water partition coefficient (Wildman–Crippen LogP) is 1.54. The van der Waals surface area contributed by atoms with Crippen molar-refractivity contribution in [2.45, 2.75) is 19.8 Å². The zero-order valence-corrected chi connectivity index (χ0v) is 6.57. The summed E-state index contributed by atoms with van der Waals surface area (Å²) in [6.07, 6.45) is 4.01. The van der Waals surface area contributed by atoms with E-state index in [-0.39, 0.29) is 0 Å². The highest BCUT2D eigenvalue weighted by Gasteiger charge is 2.26. The molecule has 0 aromatic heterocycles. The molecule has 0 atom stereocenters. The maximum absolute atomic E-state index is 7.04. The average Bonchev–Trinajstić information content (AvgIpc) is 2.73. The van der Waals surface area contributed by atoms with Gasteiger partial charge >= 0.3 is 0 Å². The zero-order chi connectivity index (χ0) is 7.56. The molecule has 10 heavy (non-hydrogen) atoms. The van der Waals surface area contributed by atoms with Crippen LogP contribution in [0.1, 0.15) is 19.8 Å². The Labute approximate surface area is 61.8 Å². The molecule has 1 aliphatic carbocycles. The van der Waals surface area contributed by atoms with E-state index in [1.54, 1.807) is 0 Å². The van der Waals surface area contributed by atoms with E-state index in [1.807, 2.05) is 14.0 Å². The van der Waals surface area contributed by atoms with Gasteiger partial charge in [0.05, 0.1) is 0 Å². The lowest BCUT2D eigenvalue weighted by Crippen LogP contribution is -2.10. The van der Waals surface area contributed by atoms with E-state index in [4.69, 9.17) is 5.41 Å². The lowest BCUT2D eigenvalue weighted by Gasteiger charge is -2.05. The molecule has 0 saturated heterocycles. The Hall–Kier alpha value is -0.790. The van der Waals surface area contributed by atoms with Crippen molar-refractivity contribution in [2.75, 3.05) is 7.05 Å². The van der Waals surface area contributed by atoms with E-state index in [1.165, 1.54) is 24.8 Å². The molecule has 0 radical (unpaired) electrons. The van der Waals surface area contributed by atoms with Gasteiger partial charge in [-0.25, -0.2) is 0 Å². The van der Waals surface area contributed by atoms with Crippen LogP contribution < -0.4 is 5.32 Å². The molecule has 1 aliphatic rings. The fourth-order valence-electron chi connectivity index (χ4n) is 1.17. The van der Waals surface area contributed by atoms with Gasteiger partial charge in [0.15, 0.2) is 0 Å². The standard InChI is InChI=1S/C8H14N2/c1-6(5-9)8(10-2)7-3-4-7/h5,7,9-10H,3-4H2,1-2H3/b8-6-,9-5?. The molecule has 0 unspecified atom stereocenters. The summed E-state index contributed by atoms with van der Waals surface area (Å²) in [5.74, 6) is 0.728. The third-order valence-corrected chi connectivity index (χ3v) is 1.90. The lowest BCUT2D eigenvalue weighted by molar-refractivity contribution is 0.835. The maximum Gasteiger partial charge on any atom is 0.0224 e. The van der Waals surface area contributed by atoms with Crippen molar-refractivity contribution in [3.63, 3.8) is 0 Å². The van der Waals surface area contributed by atoms with Crippen LogP contribution in [0.4, 0.5) is 0 Å². The van der Waals surface area contributed by atoms with Gasteiger partial charge in [0.1, 0.15) is 0 Å². The Morgan fingerprint density at radius 3 is 2.50 bits per heavy atom. The van der Waals surface area contributed by atoms with E-state index >= 15 is 0 Å². The van der Waals surface area contributed by atoms with Crippen LogP contribution in [-0.2, 0) is 0 Å². The Bertz CT molecular complexity index is 166. The van der Waals surface area contributed by atoms with Crippen molar-refractivity contribution < 1.29 is 0 Å². The van der Waals surface area contributed by atoms with Crippen LogP contribution in [0, 0.1) is 11.3 Å². The Morgan fingerprint density at radius 1 is 1.60 bits per heavy atom. The number of allylic oxidation sites excluding steroid dienone is 2. The van der Waals surface area contributed by atoms with Gasteiger partial charge in [-0.1, -0.05) is 0 Å². The second kappa shape index (κ2) is 2.86. The van der Waals surface area contributed by atoms with E-state index in [9.17, 15) is 0 Å². The highest BCUT2D eigenvalue weighted by Crippen LogP contribution is 2.35. The third-order valence-electron chi connectivity index (χ3n) is 1.90. The number of hydrogen-bond acceptors (Lipinski definition) is 2. The molecule has 1 saturated carbocycles. The molecule has 0 amide bonds. The minimum atomic E-state index is 0.728. The topological polar surface area (TPSA) is 35.9 Å². The summed E-state index contributed by atoms with van der Waals surface area (Å²) in [6.45, 7) is 1.98. The summed E-state index contributed by atoms with van der Waals surface area (Å²) in [5, 5.41) is 10.2. The van der Waals surface area contributed by atoms with Gasteiger partial charge in [-0.05, 0) is 31.3 Å². The van der Waals surface area contributed by atoms with Crippen LogP contribution in [0.3, 0.4) is 0 Å². The summed E-state index contributed by atoms with van der Waals surface area (Å²) >= 11 is 0. The van der Waals surface area contributed by atoms with Gasteiger partial charge in [-0.15, -0.1) is 0 Å². The molecule has 0 aromatic carbocycles. The first-order valence-electron chi connectivity index (χ1n) is 3.68. The molecule has 0 heterocycles.